The van der Waals surface area contributed by atoms with E-state index >= 15 is 0 Å². The minimum atomic E-state index is -0.146. The molecule has 0 atom stereocenters. The molecule has 0 spiro atoms. The molecule has 7 heteroatoms. The van der Waals surface area contributed by atoms with E-state index in [9.17, 15) is 4.79 Å². The zero-order valence-electron chi connectivity index (χ0n) is 10.9. The zero-order valence-corrected chi connectivity index (χ0v) is 10.9. The van der Waals surface area contributed by atoms with E-state index < -0.39 is 0 Å². The van der Waals surface area contributed by atoms with Gasteiger partial charge < -0.3 is 16.8 Å². The molecule has 1 aromatic carbocycles. The first-order valence-electron chi connectivity index (χ1n) is 6.05. The van der Waals surface area contributed by atoms with Gasteiger partial charge >= 0.3 is 0 Å². The van der Waals surface area contributed by atoms with Crippen molar-refractivity contribution >= 4 is 17.6 Å². The van der Waals surface area contributed by atoms with Crippen LogP contribution in [0.5, 0.6) is 0 Å². The highest BCUT2D eigenvalue weighted by Crippen LogP contribution is 2.11. The first kappa shape index (κ1) is 13.6. The number of carbonyl (C=O) groups excluding carboxylic acids is 1. The van der Waals surface area contributed by atoms with E-state index in [4.69, 9.17) is 11.5 Å². The highest BCUT2D eigenvalue weighted by atomic mass is 16.2. The molecule has 0 aliphatic carbocycles. The number of carbonyl (C=O) groups is 1. The van der Waals surface area contributed by atoms with E-state index in [0.29, 0.717) is 12.2 Å². The molecule has 7 nitrogen and oxygen atoms in total. The summed E-state index contributed by atoms with van der Waals surface area (Å²) in [5.74, 6) is -0.106. The van der Waals surface area contributed by atoms with Gasteiger partial charge in [-0.25, -0.2) is 4.99 Å². The van der Waals surface area contributed by atoms with Crippen LogP contribution < -0.4 is 16.8 Å². The number of benzene rings is 1. The van der Waals surface area contributed by atoms with Crippen molar-refractivity contribution in [2.75, 3.05) is 5.32 Å². The van der Waals surface area contributed by atoms with Gasteiger partial charge in [-0.05, 0) is 23.8 Å². The lowest BCUT2D eigenvalue weighted by Gasteiger charge is -2.07. The number of anilines is 1. The molecule has 0 bridgehead atoms. The lowest BCUT2D eigenvalue weighted by molar-refractivity contribution is -0.116. The summed E-state index contributed by atoms with van der Waals surface area (Å²) >= 11 is 0. The number of nitrogens with two attached hydrogens (primary N) is 2. The molecule has 1 heterocycles. The van der Waals surface area contributed by atoms with Gasteiger partial charge in [0.2, 0.25) is 5.91 Å². The number of nitrogens with zero attached hydrogens (tertiary/aromatic N) is 3. The minimum Gasteiger partial charge on any atom is -0.370 e. The van der Waals surface area contributed by atoms with Gasteiger partial charge in [0.05, 0.1) is 6.54 Å². The van der Waals surface area contributed by atoms with Crippen LogP contribution in [0, 0.1) is 0 Å². The highest BCUT2D eigenvalue weighted by Gasteiger charge is 2.04. The molecule has 2 rings (SSSR count). The largest absolute Gasteiger partial charge is 0.370 e. The maximum Gasteiger partial charge on any atom is 0.246 e. The first-order chi connectivity index (χ1) is 9.63. The monoisotopic (exact) mass is 272 g/mol. The third-order valence-electron chi connectivity index (χ3n) is 2.52. The maximum absolute atomic E-state index is 11.8. The van der Waals surface area contributed by atoms with E-state index in [1.807, 2.05) is 18.2 Å². The van der Waals surface area contributed by atoms with Crippen molar-refractivity contribution in [1.29, 1.82) is 0 Å². The van der Waals surface area contributed by atoms with Crippen LogP contribution in [0.1, 0.15) is 5.56 Å². The Morgan fingerprint density at radius 2 is 2.20 bits per heavy atom. The molecule has 0 fully saturated rings. The molecule has 5 N–H and O–H groups in total. The fourth-order valence-corrected chi connectivity index (χ4v) is 1.67. The van der Waals surface area contributed by atoms with Crippen LogP contribution in [-0.4, -0.2) is 21.6 Å². The second-order valence-electron chi connectivity index (χ2n) is 4.19. The maximum atomic E-state index is 11.8. The van der Waals surface area contributed by atoms with Crippen LogP contribution in [0.15, 0.2) is 47.7 Å². The van der Waals surface area contributed by atoms with E-state index in [-0.39, 0.29) is 18.4 Å². The van der Waals surface area contributed by atoms with Gasteiger partial charge in [-0.15, -0.1) is 0 Å². The number of amides is 1. The number of aromatic nitrogens is 2. The summed E-state index contributed by atoms with van der Waals surface area (Å²) in [5.41, 5.74) is 12.2. The molecule has 0 unspecified atom stereocenters. The average molecular weight is 272 g/mol. The van der Waals surface area contributed by atoms with Gasteiger partial charge in [0.1, 0.15) is 6.54 Å². The van der Waals surface area contributed by atoms with Crippen molar-refractivity contribution in [3.8, 4) is 0 Å². The summed E-state index contributed by atoms with van der Waals surface area (Å²) < 4.78 is 1.55. The number of nitrogens with one attached hydrogen (secondary N) is 1. The molecule has 0 aliphatic rings. The SMILES string of the molecule is NC(N)=NCc1cccc(NC(=O)Cn2cccn2)c1. The summed E-state index contributed by atoms with van der Waals surface area (Å²) in [4.78, 5) is 15.7. The van der Waals surface area contributed by atoms with E-state index in [2.05, 4.69) is 15.4 Å². The molecule has 0 saturated carbocycles. The summed E-state index contributed by atoms with van der Waals surface area (Å²) in [6, 6.07) is 9.12. The standard InChI is InChI=1S/C13H16N6O/c14-13(15)16-8-10-3-1-4-11(7-10)18-12(20)9-19-6-2-5-17-19/h1-7H,8-9H2,(H,18,20)(H4,14,15,16). The lowest BCUT2D eigenvalue weighted by atomic mass is 10.2. The van der Waals surface area contributed by atoms with Gasteiger partial charge in [0.25, 0.3) is 0 Å². The van der Waals surface area contributed by atoms with Crippen LogP contribution in [0.4, 0.5) is 5.69 Å². The Bertz CT molecular complexity index is 601. The van der Waals surface area contributed by atoms with Gasteiger partial charge in [0, 0.05) is 18.1 Å². The summed E-state index contributed by atoms with van der Waals surface area (Å²) in [7, 11) is 0. The Morgan fingerprint density at radius 3 is 2.90 bits per heavy atom. The van der Waals surface area contributed by atoms with Crippen molar-refractivity contribution in [3.63, 3.8) is 0 Å². The first-order valence-corrected chi connectivity index (χ1v) is 6.05. The third kappa shape index (κ3) is 4.13. The molecule has 1 aromatic heterocycles. The minimum absolute atomic E-state index is 0.0399. The number of hydrogen-bond acceptors (Lipinski definition) is 3. The van der Waals surface area contributed by atoms with E-state index in [0.717, 1.165) is 5.56 Å². The Hall–Kier alpha value is -2.83. The quantitative estimate of drug-likeness (QED) is 0.536. The molecule has 2 aromatic rings. The van der Waals surface area contributed by atoms with Crippen LogP contribution in [-0.2, 0) is 17.9 Å². The molecular weight excluding hydrogens is 256 g/mol. The van der Waals surface area contributed by atoms with Gasteiger partial charge in [-0.3, -0.25) is 9.48 Å². The second-order valence-corrected chi connectivity index (χ2v) is 4.19. The average Bonchev–Trinajstić information content (AvgIpc) is 2.89. The third-order valence-corrected chi connectivity index (χ3v) is 2.52. The zero-order chi connectivity index (χ0) is 14.4. The fraction of sp³-hybridized carbons (Fsp3) is 0.154. The van der Waals surface area contributed by atoms with Gasteiger partial charge in [-0.1, -0.05) is 12.1 Å². The van der Waals surface area contributed by atoms with Crippen molar-refractivity contribution in [1.82, 2.24) is 9.78 Å². The Kier molecular flexibility index (Phi) is 4.33. The fourth-order valence-electron chi connectivity index (χ4n) is 1.67. The molecule has 20 heavy (non-hydrogen) atoms. The molecule has 0 radical (unpaired) electrons. The van der Waals surface area contributed by atoms with Gasteiger partial charge in [0.15, 0.2) is 5.96 Å². The van der Waals surface area contributed by atoms with Crippen LogP contribution >= 0.6 is 0 Å². The van der Waals surface area contributed by atoms with Crippen LogP contribution in [0.25, 0.3) is 0 Å². The summed E-state index contributed by atoms with van der Waals surface area (Å²) in [5, 5.41) is 6.77. The second kappa shape index (κ2) is 6.37. The number of rotatable bonds is 5. The van der Waals surface area contributed by atoms with E-state index in [1.165, 1.54) is 0 Å². The van der Waals surface area contributed by atoms with Gasteiger partial charge in [-0.2, -0.15) is 5.10 Å². The molecule has 1 amide bonds. The molecule has 0 saturated heterocycles. The lowest BCUT2D eigenvalue weighted by Crippen LogP contribution is -2.22. The Balaban J connectivity index is 1.97. The van der Waals surface area contributed by atoms with Crippen LogP contribution in [0.3, 0.4) is 0 Å². The predicted molar refractivity (Wildman–Crippen MR) is 76.8 cm³/mol. The molecular formula is C13H16N6O. The van der Waals surface area contributed by atoms with E-state index in [1.54, 1.807) is 29.2 Å². The molecule has 0 aliphatic heterocycles. The highest BCUT2D eigenvalue weighted by molar-refractivity contribution is 5.90. The Morgan fingerprint density at radius 1 is 1.35 bits per heavy atom. The van der Waals surface area contributed by atoms with Crippen molar-refractivity contribution < 1.29 is 4.79 Å². The summed E-state index contributed by atoms with van der Waals surface area (Å²) in [6.45, 7) is 0.552. The van der Waals surface area contributed by atoms with Crippen LogP contribution in [0.2, 0.25) is 0 Å². The summed E-state index contributed by atoms with van der Waals surface area (Å²) in [6.07, 6.45) is 3.36. The number of guanidine groups is 1. The normalized spacial score (nSPS) is 10.0. The number of aliphatic imine (C=N–C) groups is 1. The van der Waals surface area contributed by atoms with Crippen molar-refractivity contribution in [3.05, 3.63) is 48.3 Å². The van der Waals surface area contributed by atoms with Crippen molar-refractivity contribution in [2.24, 2.45) is 16.5 Å². The predicted octanol–water partition coefficient (Wildman–Crippen LogP) is 0.295. The smallest absolute Gasteiger partial charge is 0.246 e. The molecule has 104 valence electrons. The van der Waals surface area contributed by atoms with Crippen molar-refractivity contribution in [2.45, 2.75) is 13.1 Å². The Labute approximate surface area is 116 Å². The topological polar surface area (TPSA) is 111 Å². The number of hydrogen-bond donors (Lipinski definition) is 3.